The van der Waals surface area contributed by atoms with Gasteiger partial charge >= 0.3 is 17.9 Å². The van der Waals surface area contributed by atoms with Crippen molar-refractivity contribution in [2.75, 3.05) is 13.2 Å². The fraction of sp³-hybridized carbons (Fsp3) is 0.688. The first-order valence-corrected chi connectivity index (χ1v) is 8.11. The van der Waals surface area contributed by atoms with Gasteiger partial charge in [0, 0.05) is 27.7 Å². The summed E-state index contributed by atoms with van der Waals surface area (Å²) in [4.78, 5) is 56.4. The molecule has 0 unspecified atom stereocenters. The quantitative estimate of drug-likeness (QED) is 0.307. The van der Waals surface area contributed by atoms with Gasteiger partial charge in [-0.3, -0.25) is 19.2 Å². The fourth-order valence-corrected chi connectivity index (χ4v) is 2.57. The number of hydrogen-bond acceptors (Lipinski definition) is 10. The Bertz CT molecular complexity index is 578. The molecule has 11 heteroatoms. The van der Waals surface area contributed by atoms with Gasteiger partial charge in [-0.2, -0.15) is 0 Å². The van der Waals surface area contributed by atoms with E-state index in [1.54, 1.807) is 0 Å². The van der Waals surface area contributed by atoms with Gasteiger partial charge < -0.3 is 33.8 Å². The summed E-state index contributed by atoms with van der Waals surface area (Å²) in [5, 5.41) is 2.50. The second-order valence-electron chi connectivity index (χ2n) is 5.72. The third-order valence-corrected chi connectivity index (χ3v) is 3.40. The lowest BCUT2D eigenvalue weighted by molar-refractivity contribution is -0.275. The lowest BCUT2D eigenvalue weighted by Crippen LogP contribution is -2.66. The van der Waals surface area contributed by atoms with Crippen LogP contribution in [-0.4, -0.2) is 74.0 Å². The molecule has 0 radical (unpaired) electrons. The van der Waals surface area contributed by atoms with E-state index in [4.69, 9.17) is 23.7 Å². The highest BCUT2D eigenvalue weighted by atomic mass is 16.7. The number of hydrogen-bond donors (Lipinski definition) is 1. The van der Waals surface area contributed by atoms with Gasteiger partial charge in [0.15, 0.2) is 18.5 Å². The molecule has 1 N–H and O–H groups in total. The Kier molecular flexibility index (Phi) is 8.82. The Morgan fingerprint density at radius 3 is 2.04 bits per heavy atom. The molecule has 1 fully saturated rings. The van der Waals surface area contributed by atoms with Crippen molar-refractivity contribution in [3.63, 3.8) is 0 Å². The smallest absolute Gasteiger partial charge is 0.303 e. The first kappa shape index (κ1) is 22.5. The zero-order valence-corrected chi connectivity index (χ0v) is 15.5. The lowest BCUT2D eigenvalue weighted by Gasteiger charge is -2.44. The van der Waals surface area contributed by atoms with E-state index in [0.717, 1.165) is 13.8 Å². The molecule has 27 heavy (non-hydrogen) atoms. The lowest BCUT2D eigenvalue weighted by atomic mass is 9.96. The highest BCUT2D eigenvalue weighted by Crippen LogP contribution is 2.27. The van der Waals surface area contributed by atoms with E-state index >= 15 is 0 Å². The van der Waals surface area contributed by atoms with Crippen LogP contribution in [0, 0.1) is 0 Å². The Morgan fingerprint density at radius 2 is 1.56 bits per heavy atom. The molecule has 1 aliphatic rings. The molecule has 1 aliphatic heterocycles. The van der Waals surface area contributed by atoms with Crippen LogP contribution >= 0.6 is 0 Å². The predicted molar refractivity (Wildman–Crippen MR) is 86.0 cm³/mol. The average Bonchev–Trinajstić information content (AvgIpc) is 2.54. The summed E-state index contributed by atoms with van der Waals surface area (Å²) in [5.41, 5.74) is 0. The molecule has 0 aromatic carbocycles. The van der Waals surface area contributed by atoms with Gasteiger partial charge in [0.05, 0.1) is 0 Å². The topological polar surface area (TPSA) is 144 Å². The van der Waals surface area contributed by atoms with Crippen molar-refractivity contribution < 1.29 is 47.7 Å². The van der Waals surface area contributed by atoms with Crippen LogP contribution in [0.15, 0.2) is 0 Å². The molecule has 5 atom stereocenters. The first-order chi connectivity index (χ1) is 12.6. The Morgan fingerprint density at radius 1 is 0.963 bits per heavy atom. The SMILES string of the molecule is CC(=O)N[C@H]1[C@H](OCC=O)O[C@H](COC(C)=O)[C@H](OC(C)=O)[C@@H]1OC(C)=O. The van der Waals surface area contributed by atoms with Crippen molar-refractivity contribution in [3.8, 4) is 0 Å². The number of rotatable bonds is 8. The molecule has 1 heterocycles. The molecule has 1 saturated heterocycles. The van der Waals surface area contributed by atoms with Crippen LogP contribution in [0.3, 0.4) is 0 Å². The van der Waals surface area contributed by atoms with Gasteiger partial charge in [-0.15, -0.1) is 0 Å². The number of nitrogens with one attached hydrogen (secondary N) is 1. The van der Waals surface area contributed by atoms with Crippen LogP contribution < -0.4 is 5.32 Å². The highest BCUT2D eigenvalue weighted by molar-refractivity contribution is 5.73. The predicted octanol–water partition coefficient (Wildman–Crippen LogP) is -1.14. The Hall–Kier alpha value is -2.53. The van der Waals surface area contributed by atoms with Crippen molar-refractivity contribution in [1.29, 1.82) is 0 Å². The molecular formula is C16H23NO10. The molecule has 152 valence electrons. The largest absolute Gasteiger partial charge is 0.463 e. The minimum absolute atomic E-state index is 0.335. The monoisotopic (exact) mass is 389 g/mol. The zero-order valence-electron chi connectivity index (χ0n) is 15.5. The summed E-state index contributed by atoms with van der Waals surface area (Å²) < 4.78 is 26.3. The van der Waals surface area contributed by atoms with Gasteiger partial charge in [-0.25, -0.2) is 0 Å². The Labute approximate surface area is 155 Å². The van der Waals surface area contributed by atoms with Gasteiger partial charge in [0.2, 0.25) is 5.91 Å². The van der Waals surface area contributed by atoms with Crippen LogP contribution in [0.1, 0.15) is 27.7 Å². The number of esters is 3. The molecule has 0 aromatic heterocycles. The summed E-state index contributed by atoms with van der Waals surface area (Å²) in [6.45, 7) is 3.95. The normalized spacial score (nSPS) is 27.2. The van der Waals surface area contributed by atoms with E-state index in [1.807, 2.05) is 0 Å². The highest BCUT2D eigenvalue weighted by Gasteiger charge is 2.51. The van der Waals surface area contributed by atoms with E-state index in [2.05, 4.69) is 5.32 Å². The second kappa shape index (κ2) is 10.6. The number of aldehydes is 1. The van der Waals surface area contributed by atoms with Crippen LogP contribution in [0.2, 0.25) is 0 Å². The molecular weight excluding hydrogens is 366 g/mol. The third-order valence-electron chi connectivity index (χ3n) is 3.40. The first-order valence-electron chi connectivity index (χ1n) is 8.11. The molecule has 0 bridgehead atoms. The summed E-state index contributed by atoms with van der Waals surface area (Å²) in [6, 6.07) is -1.08. The van der Waals surface area contributed by atoms with Crippen LogP contribution in [-0.2, 0) is 47.7 Å². The summed E-state index contributed by atoms with van der Waals surface area (Å²) in [7, 11) is 0. The van der Waals surface area contributed by atoms with Crippen LogP contribution in [0.4, 0.5) is 0 Å². The number of ether oxygens (including phenoxy) is 5. The van der Waals surface area contributed by atoms with Crippen molar-refractivity contribution in [3.05, 3.63) is 0 Å². The van der Waals surface area contributed by atoms with Crippen molar-refractivity contribution in [1.82, 2.24) is 5.32 Å². The summed E-state index contributed by atoms with van der Waals surface area (Å²) in [6.07, 6.45) is -4.23. The fourth-order valence-electron chi connectivity index (χ4n) is 2.57. The Balaban J connectivity index is 3.24. The van der Waals surface area contributed by atoms with E-state index in [0.29, 0.717) is 6.29 Å². The zero-order chi connectivity index (χ0) is 20.6. The molecule has 0 spiro atoms. The minimum Gasteiger partial charge on any atom is -0.463 e. The van der Waals surface area contributed by atoms with E-state index < -0.39 is 54.5 Å². The standard InChI is InChI=1S/C16H23NO10/c1-8(19)17-13-15(26-11(4)22)14(25-10(3)21)12(7-24-9(2)20)27-16(13)23-6-5-18/h5,12-16H,6-7H2,1-4H3,(H,17,19)/t12-,13-,14+,15-,16-/m1/s1. The number of carbonyl (C=O) groups is 5. The van der Waals surface area contributed by atoms with Crippen molar-refractivity contribution in [2.45, 2.75) is 58.3 Å². The molecule has 1 amide bonds. The number of carbonyl (C=O) groups excluding carboxylic acids is 5. The maximum Gasteiger partial charge on any atom is 0.303 e. The molecule has 11 nitrogen and oxygen atoms in total. The van der Waals surface area contributed by atoms with Gasteiger partial charge in [0.25, 0.3) is 0 Å². The van der Waals surface area contributed by atoms with Crippen LogP contribution in [0.25, 0.3) is 0 Å². The van der Waals surface area contributed by atoms with E-state index in [9.17, 15) is 24.0 Å². The minimum atomic E-state index is -1.23. The van der Waals surface area contributed by atoms with Gasteiger partial charge in [-0.05, 0) is 0 Å². The van der Waals surface area contributed by atoms with Gasteiger partial charge in [0.1, 0.15) is 31.6 Å². The van der Waals surface area contributed by atoms with E-state index in [-0.39, 0.29) is 13.2 Å². The van der Waals surface area contributed by atoms with E-state index in [1.165, 1.54) is 13.8 Å². The summed E-state index contributed by atoms with van der Waals surface area (Å²) >= 11 is 0. The van der Waals surface area contributed by atoms with Crippen molar-refractivity contribution in [2.24, 2.45) is 0 Å². The summed E-state index contributed by atoms with van der Waals surface area (Å²) in [5.74, 6) is -2.53. The maximum atomic E-state index is 11.6. The molecule has 0 saturated carbocycles. The molecule has 1 rings (SSSR count). The van der Waals surface area contributed by atoms with Gasteiger partial charge in [-0.1, -0.05) is 0 Å². The average molecular weight is 389 g/mol. The molecule has 0 aliphatic carbocycles. The third kappa shape index (κ3) is 7.31. The molecule has 0 aromatic rings. The number of amides is 1. The second-order valence-corrected chi connectivity index (χ2v) is 5.72. The maximum absolute atomic E-state index is 11.6. The van der Waals surface area contributed by atoms with Crippen LogP contribution in [0.5, 0.6) is 0 Å². The van der Waals surface area contributed by atoms with Crippen molar-refractivity contribution >= 4 is 30.1 Å².